The van der Waals surface area contributed by atoms with E-state index >= 15 is 0 Å². The Morgan fingerprint density at radius 2 is 1.83 bits per heavy atom. The lowest BCUT2D eigenvalue weighted by atomic mass is 9.92. The number of methoxy groups -OCH3 is 1. The Bertz CT molecular complexity index is 1100. The fourth-order valence-electron chi connectivity index (χ4n) is 2.99. The molecular formula is C25H26O4. The summed E-state index contributed by atoms with van der Waals surface area (Å²) in [6.45, 7) is 9.55. The number of fused-ring (bicyclic) bond motifs is 1. The highest BCUT2D eigenvalue weighted by atomic mass is 16.5. The van der Waals surface area contributed by atoms with Crippen LogP contribution in [0.25, 0.3) is 27.7 Å². The Labute approximate surface area is 171 Å². The first-order valence-electron chi connectivity index (χ1n) is 9.49. The largest absolute Gasteiger partial charge is 0.508 e. The molecule has 1 N–H and O–H groups in total. The molecule has 4 nitrogen and oxygen atoms in total. The fourth-order valence-corrected chi connectivity index (χ4v) is 2.99. The summed E-state index contributed by atoms with van der Waals surface area (Å²) in [6, 6.07) is 12.1. The normalized spacial score (nSPS) is 11.2. The van der Waals surface area contributed by atoms with Crippen molar-refractivity contribution in [3.05, 3.63) is 89.3 Å². The number of benzene rings is 2. The quantitative estimate of drug-likeness (QED) is 0.407. The topological polar surface area (TPSA) is 59.7 Å². The first-order chi connectivity index (χ1) is 14.1. The Balaban J connectivity index is 0.00000145. The van der Waals surface area contributed by atoms with Crippen LogP contribution in [0.5, 0.6) is 11.5 Å². The molecule has 2 aromatic carbocycles. The van der Waals surface area contributed by atoms with Crippen molar-refractivity contribution in [2.24, 2.45) is 0 Å². The first kappa shape index (κ1) is 21.8. The van der Waals surface area contributed by atoms with Gasteiger partial charge in [0.1, 0.15) is 17.1 Å². The van der Waals surface area contributed by atoms with E-state index in [0.717, 1.165) is 22.1 Å². The average Bonchev–Trinajstić information content (AvgIpc) is 2.76. The monoisotopic (exact) mass is 390 g/mol. The molecule has 0 aliphatic carbocycles. The summed E-state index contributed by atoms with van der Waals surface area (Å²) in [7, 11) is 1.56. The standard InChI is InChI=1S/C23H20O4.C2H6/c1-4-6-7-15(5-2)22-21(16-8-10-17(24)11-9-16)19-13-12-18(26-3)14-20(19)27-23(22)25;1-2/h4-14,24H,1H2,2-3H3;1-2H3/b7-6-,15-5+;. The molecule has 0 atom stereocenters. The molecule has 3 rings (SSSR count). The molecule has 0 radical (unpaired) electrons. The highest BCUT2D eigenvalue weighted by Gasteiger charge is 2.18. The number of hydrogen-bond donors (Lipinski definition) is 1. The molecule has 29 heavy (non-hydrogen) atoms. The van der Waals surface area contributed by atoms with Gasteiger partial charge in [0.15, 0.2) is 0 Å². The van der Waals surface area contributed by atoms with Crippen LogP contribution in [0.3, 0.4) is 0 Å². The van der Waals surface area contributed by atoms with Gasteiger partial charge in [-0.25, -0.2) is 4.79 Å². The highest BCUT2D eigenvalue weighted by molar-refractivity contribution is 6.00. The number of phenols is 1. The predicted octanol–water partition coefficient (Wildman–Crippen LogP) is 6.35. The van der Waals surface area contributed by atoms with Crippen LogP contribution in [0.4, 0.5) is 0 Å². The summed E-state index contributed by atoms with van der Waals surface area (Å²) in [4.78, 5) is 12.9. The summed E-state index contributed by atoms with van der Waals surface area (Å²) in [5.41, 5.74) is 2.72. The van der Waals surface area contributed by atoms with Crippen LogP contribution in [-0.4, -0.2) is 12.2 Å². The van der Waals surface area contributed by atoms with Crippen molar-refractivity contribution in [3.63, 3.8) is 0 Å². The maximum atomic E-state index is 12.9. The third-order valence-corrected chi connectivity index (χ3v) is 4.28. The van der Waals surface area contributed by atoms with Crippen molar-refractivity contribution in [3.8, 4) is 22.6 Å². The van der Waals surface area contributed by atoms with Crippen molar-refractivity contribution in [1.82, 2.24) is 0 Å². The molecule has 3 aromatic rings. The van der Waals surface area contributed by atoms with Crippen molar-refractivity contribution in [2.75, 3.05) is 7.11 Å². The summed E-state index contributed by atoms with van der Waals surface area (Å²) >= 11 is 0. The Hall–Kier alpha value is -3.53. The van der Waals surface area contributed by atoms with Crippen molar-refractivity contribution in [2.45, 2.75) is 20.8 Å². The molecular weight excluding hydrogens is 364 g/mol. The van der Waals surface area contributed by atoms with Gasteiger partial charge >= 0.3 is 5.63 Å². The summed E-state index contributed by atoms with van der Waals surface area (Å²) in [6.07, 6.45) is 7.09. The van der Waals surface area contributed by atoms with E-state index in [4.69, 9.17) is 9.15 Å². The zero-order valence-electron chi connectivity index (χ0n) is 17.2. The smallest absolute Gasteiger partial charge is 0.344 e. The Morgan fingerprint density at radius 3 is 2.41 bits per heavy atom. The lowest BCUT2D eigenvalue weighted by Crippen LogP contribution is -2.09. The second kappa shape index (κ2) is 10.1. The Kier molecular flexibility index (Phi) is 7.61. The number of rotatable bonds is 5. The molecule has 0 bridgehead atoms. The van der Waals surface area contributed by atoms with E-state index < -0.39 is 5.63 Å². The van der Waals surface area contributed by atoms with Gasteiger partial charge in [-0.3, -0.25) is 0 Å². The lowest BCUT2D eigenvalue weighted by Gasteiger charge is -2.13. The van der Waals surface area contributed by atoms with Crippen molar-refractivity contribution >= 4 is 16.5 Å². The minimum Gasteiger partial charge on any atom is -0.508 e. The van der Waals surface area contributed by atoms with Gasteiger partial charge < -0.3 is 14.3 Å². The number of hydrogen-bond acceptors (Lipinski definition) is 4. The molecule has 0 saturated heterocycles. The van der Waals surface area contributed by atoms with Crippen molar-refractivity contribution in [1.29, 1.82) is 0 Å². The van der Waals surface area contributed by atoms with E-state index in [-0.39, 0.29) is 5.75 Å². The molecule has 1 aromatic heterocycles. The molecule has 0 unspecified atom stereocenters. The molecule has 0 aliphatic heterocycles. The van der Waals surface area contributed by atoms with Gasteiger partial charge in [-0.1, -0.05) is 56.9 Å². The molecule has 1 heterocycles. The van der Waals surface area contributed by atoms with Crippen LogP contribution in [0.15, 0.2) is 82.6 Å². The van der Waals surface area contributed by atoms with Crippen LogP contribution in [-0.2, 0) is 0 Å². The third kappa shape index (κ3) is 4.66. The zero-order chi connectivity index (χ0) is 21.4. The summed E-state index contributed by atoms with van der Waals surface area (Å²) in [5.74, 6) is 0.764. The predicted molar refractivity (Wildman–Crippen MR) is 120 cm³/mol. The second-order valence-corrected chi connectivity index (χ2v) is 5.89. The van der Waals surface area contributed by atoms with Gasteiger partial charge in [-0.05, 0) is 42.3 Å². The number of ether oxygens (including phenoxy) is 1. The van der Waals surface area contributed by atoms with E-state index in [0.29, 0.717) is 16.9 Å². The molecule has 0 saturated carbocycles. The second-order valence-electron chi connectivity index (χ2n) is 5.89. The molecule has 0 spiro atoms. The van der Waals surface area contributed by atoms with Gasteiger partial charge in [0.2, 0.25) is 0 Å². The summed E-state index contributed by atoms with van der Waals surface area (Å²) in [5, 5.41) is 10.4. The maximum Gasteiger partial charge on any atom is 0.344 e. The summed E-state index contributed by atoms with van der Waals surface area (Å²) < 4.78 is 10.8. The lowest BCUT2D eigenvalue weighted by molar-refractivity contribution is 0.414. The van der Waals surface area contributed by atoms with Gasteiger partial charge in [0.25, 0.3) is 0 Å². The molecule has 0 aliphatic rings. The Morgan fingerprint density at radius 1 is 1.14 bits per heavy atom. The van der Waals surface area contributed by atoms with Crippen LogP contribution in [0, 0.1) is 0 Å². The van der Waals surface area contributed by atoms with Crippen LogP contribution in [0.2, 0.25) is 0 Å². The van der Waals surface area contributed by atoms with E-state index in [1.165, 1.54) is 0 Å². The van der Waals surface area contributed by atoms with Crippen LogP contribution < -0.4 is 10.4 Å². The van der Waals surface area contributed by atoms with Crippen molar-refractivity contribution < 1.29 is 14.3 Å². The third-order valence-electron chi connectivity index (χ3n) is 4.28. The minimum absolute atomic E-state index is 0.159. The van der Waals surface area contributed by atoms with Gasteiger partial charge in [-0.2, -0.15) is 0 Å². The van der Waals surface area contributed by atoms with E-state index in [2.05, 4.69) is 6.58 Å². The first-order valence-corrected chi connectivity index (χ1v) is 9.49. The van der Waals surface area contributed by atoms with Gasteiger partial charge in [0, 0.05) is 17.0 Å². The van der Waals surface area contributed by atoms with E-state index in [1.807, 2.05) is 45.1 Å². The average molecular weight is 390 g/mol. The van der Waals surface area contributed by atoms with Gasteiger partial charge in [0.05, 0.1) is 12.7 Å². The van der Waals surface area contributed by atoms with Crippen LogP contribution in [0.1, 0.15) is 26.3 Å². The van der Waals surface area contributed by atoms with Gasteiger partial charge in [-0.15, -0.1) is 0 Å². The van der Waals surface area contributed by atoms with E-state index in [1.54, 1.807) is 49.6 Å². The van der Waals surface area contributed by atoms with Crippen LogP contribution >= 0.6 is 0 Å². The minimum atomic E-state index is -0.444. The number of aromatic hydroxyl groups is 1. The zero-order valence-corrected chi connectivity index (χ0v) is 17.2. The SMILES string of the molecule is C=C/C=C\C(=C/C)c1c(-c2ccc(O)cc2)c2ccc(OC)cc2oc1=O.CC. The van der Waals surface area contributed by atoms with E-state index in [9.17, 15) is 9.90 Å². The molecule has 0 amide bonds. The molecule has 0 fully saturated rings. The number of allylic oxidation sites excluding steroid dienone is 5. The molecule has 150 valence electrons. The highest BCUT2D eigenvalue weighted by Crippen LogP contribution is 2.36. The molecule has 4 heteroatoms. The maximum absolute atomic E-state index is 12.9. The number of phenolic OH excluding ortho intramolecular Hbond substituents is 1. The fraction of sp³-hybridized carbons (Fsp3) is 0.160.